The molecule has 5 aromatic carbocycles. The highest BCUT2D eigenvalue weighted by Gasteiger charge is 2.55. The summed E-state index contributed by atoms with van der Waals surface area (Å²) in [4.78, 5) is 113. The van der Waals surface area contributed by atoms with Gasteiger partial charge in [-0.1, -0.05) is 220 Å². The van der Waals surface area contributed by atoms with Crippen molar-refractivity contribution < 1.29 is 75.0 Å². The molecule has 1 aliphatic heterocycles. The number of hydrogen-bond acceptors (Lipinski definition) is 18. The van der Waals surface area contributed by atoms with Gasteiger partial charge in [-0.15, -0.1) is 0 Å². The normalized spacial score (nSPS) is 16.3. The van der Waals surface area contributed by atoms with Gasteiger partial charge in [-0.05, 0) is 110 Å². The number of ether oxygens (including phenoxy) is 3. The van der Waals surface area contributed by atoms with Crippen LogP contribution in [0.4, 0.5) is 4.79 Å². The Kier molecular flexibility index (Phi) is 26.5. The smallest absolute Gasteiger partial charge is 0.413 e. The van der Waals surface area contributed by atoms with Crippen molar-refractivity contribution >= 4 is 93.0 Å². The summed E-state index contributed by atoms with van der Waals surface area (Å²) in [5.74, 6) is -5.51. The van der Waals surface area contributed by atoms with E-state index in [2.05, 4.69) is 73.1 Å². The van der Waals surface area contributed by atoms with Crippen LogP contribution in [-0.4, -0.2) is 155 Å². The van der Waals surface area contributed by atoms with Crippen molar-refractivity contribution in [2.45, 2.75) is 200 Å². The number of methoxy groups -OCH3 is 1. The molecule has 8 rings (SSSR count). The summed E-state index contributed by atoms with van der Waals surface area (Å²) < 4.78 is 50.7. The average molecular weight is 1520 g/mol. The lowest BCUT2D eigenvalue weighted by atomic mass is 9.97. The molecule has 24 nitrogen and oxygen atoms in total. The zero-order valence-electron chi connectivity index (χ0n) is 65.2. The van der Waals surface area contributed by atoms with E-state index in [1.165, 1.54) is 45.8 Å². The summed E-state index contributed by atoms with van der Waals surface area (Å²) in [6, 6.07) is 40.9. The van der Waals surface area contributed by atoms with Gasteiger partial charge >= 0.3 is 12.1 Å². The highest BCUT2D eigenvalue weighted by Crippen LogP contribution is 2.41. The number of allylic oxidation sites excluding steroid dienone is 1. The van der Waals surface area contributed by atoms with Crippen LogP contribution in [0.2, 0.25) is 28.2 Å². The summed E-state index contributed by atoms with van der Waals surface area (Å²) in [6.07, 6.45) is -0.0855. The second-order valence-corrected chi connectivity index (χ2v) is 44.9. The van der Waals surface area contributed by atoms with Gasteiger partial charge in [0.15, 0.2) is 19.7 Å². The summed E-state index contributed by atoms with van der Waals surface area (Å²) >= 11 is 0. The van der Waals surface area contributed by atoms with Crippen LogP contribution in [0.25, 0.3) is 5.70 Å². The molecule has 7 aromatic rings. The van der Waals surface area contributed by atoms with Crippen LogP contribution in [0.15, 0.2) is 167 Å². The molecule has 0 unspecified atom stereocenters. The van der Waals surface area contributed by atoms with Gasteiger partial charge in [-0.2, -0.15) is 0 Å². The number of rotatable bonds is 29. The number of carbonyl (C=O) groups excluding carboxylic acids is 7. The molecule has 1 saturated heterocycles. The van der Waals surface area contributed by atoms with E-state index in [-0.39, 0.29) is 65.2 Å². The molecule has 6 N–H and O–H groups in total. The Hall–Kier alpha value is -9.20. The van der Waals surface area contributed by atoms with Crippen molar-refractivity contribution in [2.75, 3.05) is 26.9 Å². The Morgan fingerprint density at radius 1 is 0.589 bits per heavy atom. The van der Waals surface area contributed by atoms with E-state index < -0.39 is 131 Å². The van der Waals surface area contributed by atoms with Crippen molar-refractivity contribution in [3.63, 3.8) is 0 Å². The Morgan fingerprint density at radius 3 is 1.48 bits per heavy atom. The number of aryl methyl sites for hydroxylation is 2. The molecule has 3 heterocycles. The Morgan fingerprint density at radius 2 is 1.03 bits per heavy atom. The minimum Gasteiger partial charge on any atom is -0.467 e. The lowest BCUT2D eigenvalue weighted by Crippen LogP contribution is -2.67. The van der Waals surface area contributed by atoms with E-state index in [1.807, 2.05) is 173 Å². The van der Waals surface area contributed by atoms with Crippen LogP contribution in [0.1, 0.15) is 160 Å². The van der Waals surface area contributed by atoms with E-state index in [9.17, 15) is 29.1 Å². The highest BCUT2D eigenvalue weighted by atomic mass is 28.4. The SMILES string of the molecule is C/C=C(\NC(=O)[C@@H]1[C@@H](C)OC(C)(C)N1C(=O)OCc1ccccc1)c1nc(C(=O)N[C@@H](CO[Si](C)(C)C(C)(C)C)C(=O)N[C@H](C(=O)N[C@@H](CO[Si](c2ccccc2)(c2ccccc2)C(C)(C)C)c2nc(C(=O)N[C@@H](CO[Si](c3ccccc3)(c3ccccc3)C(C)(C)C)C(=O)OC)c(C)o2)C(C)(C)O)c(C)o1. The fraction of sp³-hybridized carbons (Fsp3) is 0.438. The molecule has 6 atom stereocenters. The quantitative estimate of drug-likeness (QED) is 0.0188. The van der Waals surface area contributed by atoms with Crippen LogP contribution < -0.4 is 47.3 Å². The van der Waals surface area contributed by atoms with Crippen LogP contribution in [0, 0.1) is 13.8 Å². The van der Waals surface area contributed by atoms with Gasteiger partial charge in [0.2, 0.25) is 29.5 Å². The summed E-state index contributed by atoms with van der Waals surface area (Å²) in [6.45, 7) is 33.5. The molecule has 107 heavy (non-hydrogen) atoms. The Bertz CT molecular complexity index is 4180. The first kappa shape index (κ1) is 83.4. The molecule has 0 aliphatic carbocycles. The lowest BCUT2D eigenvalue weighted by Gasteiger charge is -2.43. The van der Waals surface area contributed by atoms with Gasteiger partial charge in [0.25, 0.3) is 28.4 Å². The predicted molar refractivity (Wildman–Crippen MR) is 415 cm³/mol. The van der Waals surface area contributed by atoms with E-state index >= 15 is 9.59 Å². The first-order valence-electron chi connectivity index (χ1n) is 35.9. The number of amides is 6. The maximum atomic E-state index is 15.5. The number of aliphatic hydroxyl groups is 1. The molecular weight excluding hydrogens is 1410 g/mol. The summed E-state index contributed by atoms with van der Waals surface area (Å²) in [7, 11) is -8.27. The van der Waals surface area contributed by atoms with Gasteiger partial charge in [0.1, 0.15) is 54.1 Å². The summed E-state index contributed by atoms with van der Waals surface area (Å²) in [5.41, 5.74) is -3.06. The predicted octanol–water partition coefficient (Wildman–Crippen LogP) is 9.58. The van der Waals surface area contributed by atoms with Gasteiger partial charge in [-0.25, -0.2) is 19.6 Å². The first-order chi connectivity index (χ1) is 50.1. The molecule has 0 radical (unpaired) electrons. The molecule has 0 spiro atoms. The zero-order chi connectivity index (χ0) is 78.8. The van der Waals surface area contributed by atoms with Crippen LogP contribution in [-0.2, 0) is 53.3 Å². The van der Waals surface area contributed by atoms with Gasteiger partial charge in [0.05, 0.1) is 44.3 Å². The topological polar surface area (TPSA) is 311 Å². The van der Waals surface area contributed by atoms with Crippen LogP contribution in [0.5, 0.6) is 0 Å². The third-order valence-electron chi connectivity index (χ3n) is 19.7. The minimum absolute atomic E-state index is 0.00393. The highest BCUT2D eigenvalue weighted by molar-refractivity contribution is 7.00. The number of nitrogens with one attached hydrogen (secondary N) is 5. The average Bonchev–Trinajstić information content (AvgIpc) is 1.49. The van der Waals surface area contributed by atoms with Gasteiger partial charge in [0, 0.05) is 0 Å². The molecule has 0 saturated carbocycles. The largest absolute Gasteiger partial charge is 0.467 e. The number of benzene rings is 5. The molecule has 27 heteroatoms. The summed E-state index contributed by atoms with van der Waals surface area (Å²) in [5, 5.41) is 28.4. The number of oxazole rings is 2. The van der Waals surface area contributed by atoms with Crippen molar-refractivity contribution in [1.82, 2.24) is 41.5 Å². The Labute approximate surface area is 631 Å². The third kappa shape index (κ3) is 19.0. The van der Waals surface area contributed by atoms with Crippen molar-refractivity contribution in [3.8, 4) is 0 Å². The molecule has 1 aliphatic rings. The standard InChI is InChI=1S/C80H106N8O16Si3/c1-21-59(81-70(92)65-53(4)104-80(16,17)88(65)75(95)98-47-54-37-27-22-28-38-54)72-85-63(51(2)102-72)68(90)82-60(48-99-105(19,20)76(5,6)7)67(89)87-66(79(14,15)96)71(93)83-61(49-100-106(77(8,9)10,55-39-29-23-30-40-55)56-41-31-24-32-42-56)73-86-64(52(3)103-73)69(91)84-62(74(94)97-18)50-101-107(78(11,12)13,57-43-33-25-34-44-57)58-45-35-26-36-46-58/h21-46,53,60-62,65-66,96H,47-50H2,1-20H3,(H,81,92)(H,82,90)(H,83,93)(H,84,91)(H,87,89)/b59-21-/t53-,60+,61+,62+,65+,66-/m1/s1. The number of hydrogen-bond donors (Lipinski definition) is 6. The van der Waals surface area contributed by atoms with Crippen molar-refractivity contribution in [1.29, 1.82) is 0 Å². The zero-order valence-corrected chi connectivity index (χ0v) is 68.2. The van der Waals surface area contributed by atoms with Crippen molar-refractivity contribution in [3.05, 3.63) is 198 Å². The number of carbonyl (C=O) groups is 7. The molecule has 6 amide bonds. The van der Waals surface area contributed by atoms with E-state index in [4.69, 9.17) is 41.3 Å². The lowest BCUT2D eigenvalue weighted by molar-refractivity contribution is -0.143. The van der Waals surface area contributed by atoms with Crippen molar-refractivity contribution in [2.24, 2.45) is 0 Å². The maximum absolute atomic E-state index is 15.5. The van der Waals surface area contributed by atoms with Gasteiger partial charge in [-0.3, -0.25) is 28.9 Å². The van der Waals surface area contributed by atoms with E-state index in [0.29, 0.717) is 0 Å². The second kappa shape index (κ2) is 33.9. The number of aromatic nitrogens is 2. The molecular formula is C80H106N8O16Si3. The number of esters is 1. The molecule has 574 valence electrons. The monoisotopic (exact) mass is 1520 g/mol. The fourth-order valence-corrected chi connectivity index (χ4v) is 23.3. The van der Waals surface area contributed by atoms with E-state index in [0.717, 1.165) is 26.3 Å². The Balaban J connectivity index is 1.11. The molecule has 0 bridgehead atoms. The first-order valence-corrected chi connectivity index (χ1v) is 42.6. The van der Waals surface area contributed by atoms with Crippen LogP contribution >= 0.6 is 0 Å². The maximum Gasteiger partial charge on any atom is 0.413 e. The van der Waals surface area contributed by atoms with E-state index in [1.54, 1.807) is 39.8 Å². The minimum atomic E-state index is -3.47. The van der Waals surface area contributed by atoms with Crippen LogP contribution in [0.3, 0.4) is 0 Å². The number of nitrogens with zero attached hydrogens (tertiary/aromatic N) is 3. The molecule has 2 aromatic heterocycles. The van der Waals surface area contributed by atoms with Gasteiger partial charge < -0.3 is 68.0 Å². The second-order valence-electron chi connectivity index (χ2n) is 31.4. The third-order valence-corrected chi connectivity index (χ3v) is 34.2. The fourth-order valence-electron chi connectivity index (χ4n) is 13.2. The molecule has 1 fully saturated rings.